The summed E-state index contributed by atoms with van der Waals surface area (Å²) in [6.07, 6.45) is 8.65. The summed E-state index contributed by atoms with van der Waals surface area (Å²) in [5.74, 6) is -1.80. The molecule has 0 aliphatic carbocycles. The van der Waals surface area contributed by atoms with E-state index in [0.29, 0.717) is 80.2 Å². The van der Waals surface area contributed by atoms with Crippen LogP contribution in [0.15, 0.2) is 133 Å². The van der Waals surface area contributed by atoms with Crippen LogP contribution >= 0.6 is 11.3 Å². The van der Waals surface area contributed by atoms with Crippen LogP contribution in [0.4, 0.5) is 16.5 Å². The summed E-state index contributed by atoms with van der Waals surface area (Å²) < 4.78 is 204. The van der Waals surface area contributed by atoms with Crippen LogP contribution in [-0.2, 0) is 82.5 Å². The first-order valence-electron chi connectivity index (χ1n) is 26.5. The van der Waals surface area contributed by atoms with Crippen molar-refractivity contribution in [3.05, 3.63) is 131 Å². The highest BCUT2D eigenvalue weighted by Gasteiger charge is 2.47. The number of nitrogens with two attached hydrogens (primary N) is 1. The molecule has 3 heterocycles. The quantitative estimate of drug-likeness (QED) is 0.0145. The van der Waals surface area contributed by atoms with Gasteiger partial charge in [-0.2, -0.15) is 38.2 Å². The molecule has 0 radical (unpaired) electrons. The highest BCUT2D eigenvalue weighted by atomic mass is 32.3. The fraction of sp³-hybridized carbons (Fsp3) is 0.315. The van der Waals surface area contributed by atoms with Gasteiger partial charge in [-0.05, 0) is 103 Å². The number of aromatic nitrogens is 2. The SMILES string of the molecule is CCC[N+]1=C(C=CC=CC=C2N(CCCS(=O)(=O)O)c3ccc4c(S(=O)(O)(O)N(C)CCCC(=O)NCc5ccc(C(=O)Nc6nnc(S(N)(=O)=O)s6)cc5)cc(S(=O)(=O)O)cc4c3C2(C)C)C(C)(C)c2c1ccc1c(S(=O)(=O)O)cc(S(=O)(=O)O)cc21. The second kappa shape index (κ2) is 24.0. The van der Waals surface area contributed by atoms with E-state index >= 15 is 0 Å². The van der Waals surface area contributed by atoms with Crippen molar-refractivity contribution in [1.82, 2.24) is 19.8 Å². The Kier molecular flexibility index (Phi) is 18.3. The number of allylic oxidation sites excluding steroid dienone is 6. The molecule has 0 saturated carbocycles. The van der Waals surface area contributed by atoms with Crippen LogP contribution in [0.1, 0.15) is 87.4 Å². The molecule has 2 aliphatic heterocycles. The van der Waals surface area contributed by atoms with Crippen LogP contribution in [-0.4, -0.2) is 143 Å². The summed E-state index contributed by atoms with van der Waals surface area (Å²) in [7, 11) is -28.9. The highest BCUT2D eigenvalue weighted by Crippen LogP contribution is 2.53. The van der Waals surface area contributed by atoms with Gasteiger partial charge in [-0.15, -0.1) is 10.2 Å². The molecule has 474 valence electrons. The predicted octanol–water partition coefficient (Wildman–Crippen LogP) is 6.41. The number of hydrogen-bond acceptors (Lipinski definition) is 17. The number of anilines is 2. The number of nitrogens with one attached hydrogen (secondary N) is 2. The normalized spacial score (nSPS) is 16.5. The summed E-state index contributed by atoms with van der Waals surface area (Å²) in [5.41, 5.74) is 1.57. The lowest BCUT2D eigenvalue weighted by Gasteiger charge is -2.40. The minimum atomic E-state index is -6.31. The van der Waals surface area contributed by atoms with Gasteiger partial charge in [0.15, 0.2) is 15.5 Å². The molecule has 0 spiro atoms. The average Bonchev–Trinajstić information content (AvgIpc) is 1.40. The molecule has 34 heteroatoms. The zero-order chi connectivity index (χ0) is 65.1. The maximum absolute atomic E-state index is 14.8. The van der Waals surface area contributed by atoms with Crippen molar-refractivity contribution in [3.8, 4) is 0 Å². The van der Waals surface area contributed by atoms with Gasteiger partial charge < -0.3 is 10.2 Å². The number of carbonyl (C=O) groups excluding carboxylic acids is 2. The van der Waals surface area contributed by atoms with Crippen LogP contribution in [0.2, 0.25) is 0 Å². The molecule has 1 aromatic heterocycles. The van der Waals surface area contributed by atoms with Crippen molar-refractivity contribution >= 4 is 127 Å². The Labute approximate surface area is 512 Å². The number of hydrogen-bond donors (Lipinski definition) is 9. The predicted molar refractivity (Wildman–Crippen MR) is 329 cm³/mol. The smallest absolute Gasteiger partial charge is 0.295 e. The number of fused-ring (bicyclic) bond motifs is 6. The van der Waals surface area contributed by atoms with Gasteiger partial charge in [0, 0.05) is 90.4 Å². The molecule has 6 aromatic rings. The van der Waals surface area contributed by atoms with E-state index in [4.69, 9.17) is 5.14 Å². The van der Waals surface area contributed by atoms with E-state index < -0.39 is 119 Å². The van der Waals surface area contributed by atoms with E-state index in [0.717, 1.165) is 19.2 Å². The van der Waals surface area contributed by atoms with E-state index in [2.05, 4.69) is 20.8 Å². The summed E-state index contributed by atoms with van der Waals surface area (Å²) in [4.78, 5) is 24.3. The molecule has 5 aromatic carbocycles. The Balaban J connectivity index is 1.06. The second-order valence-corrected chi connectivity index (χ2v) is 33.1. The molecule has 10 N–H and O–H groups in total. The zero-order valence-corrected chi connectivity index (χ0v) is 53.6. The van der Waals surface area contributed by atoms with Crippen molar-refractivity contribution < 1.29 is 87.8 Å². The van der Waals surface area contributed by atoms with Crippen LogP contribution < -0.4 is 20.7 Å². The van der Waals surface area contributed by atoms with Crippen molar-refractivity contribution in [1.29, 1.82) is 0 Å². The molecule has 0 atom stereocenters. The van der Waals surface area contributed by atoms with E-state index in [9.17, 15) is 83.2 Å². The first-order chi connectivity index (χ1) is 40.5. The Morgan fingerprint density at radius 1 is 0.761 bits per heavy atom. The van der Waals surface area contributed by atoms with Gasteiger partial charge in [0.05, 0.1) is 25.9 Å². The topological polar surface area (TPSA) is 429 Å². The van der Waals surface area contributed by atoms with Gasteiger partial charge in [0.25, 0.3) is 56.4 Å². The van der Waals surface area contributed by atoms with E-state index in [-0.39, 0.29) is 64.6 Å². The molecule has 27 nitrogen and oxygen atoms in total. The monoisotopic (exact) mass is 1350 g/mol. The molecule has 8 rings (SSSR count). The summed E-state index contributed by atoms with van der Waals surface area (Å²) in [6.45, 7) is 9.07. The summed E-state index contributed by atoms with van der Waals surface area (Å²) in [5, 5.41) is 17.1. The molecule has 0 saturated heterocycles. The Hall–Kier alpha value is -6.61. The van der Waals surface area contributed by atoms with Gasteiger partial charge in [0.1, 0.15) is 11.4 Å². The standard InChI is InChI=1S/C54H62N8O19S7/c1-7-24-61-41-22-20-37-39(28-35(85(70,71)72)30-43(37)87(76,77)78)48(41)53(2,3)45(61)13-9-8-10-14-46-54(4,5)49-40-29-36(86(73,74)75)31-44(38(40)21-23-42(49)62(46)26-12-27-83(65,66)67)88(79,80,81)60(6)25-11-15-47(63)56-32-33-16-18-34(19-17-33)50(64)57-51-58-59-52(82-51)84(55,68)69/h8-10,13-14,16-23,28-31H,7,11-12,15,24-27,32H2,1-6H3,(H9-,55,56,57,58,63,64,65,66,67,68,69,70,71,72,73,74,75,76,77,78,79,80,81)/p+1. The number of primary sulfonamides is 1. The third kappa shape index (κ3) is 13.9. The van der Waals surface area contributed by atoms with Gasteiger partial charge >= 0.3 is 0 Å². The largest absolute Gasteiger partial charge is 0.352 e. The van der Waals surface area contributed by atoms with Crippen LogP contribution in [0.3, 0.4) is 0 Å². The lowest BCUT2D eigenvalue weighted by atomic mass is 9.79. The second-order valence-electron chi connectivity index (χ2n) is 21.9. The zero-order valence-electron chi connectivity index (χ0n) is 47.8. The number of sulfonamides is 1. The number of carbonyl (C=O) groups is 2. The third-order valence-electron chi connectivity index (χ3n) is 15.0. The Morgan fingerprint density at radius 3 is 1.98 bits per heavy atom. The number of nitrogens with zero attached hydrogens (tertiary/aromatic N) is 5. The molecular weight excluding hydrogens is 1290 g/mol. The van der Waals surface area contributed by atoms with Crippen LogP contribution in [0.5, 0.6) is 0 Å². The number of amides is 2. The Morgan fingerprint density at radius 2 is 1.39 bits per heavy atom. The van der Waals surface area contributed by atoms with Crippen LogP contribution in [0.25, 0.3) is 21.5 Å². The van der Waals surface area contributed by atoms with E-state index in [1.807, 2.05) is 25.3 Å². The maximum Gasteiger partial charge on any atom is 0.295 e. The summed E-state index contributed by atoms with van der Waals surface area (Å²) in [6, 6.07) is 15.5. The molecular formula is C54H63N8O19S7+. The molecule has 0 bridgehead atoms. The maximum atomic E-state index is 14.8. The van der Waals surface area contributed by atoms with Gasteiger partial charge in [-0.3, -0.25) is 42.2 Å². The van der Waals surface area contributed by atoms with Gasteiger partial charge in [-0.25, -0.2) is 22.1 Å². The first kappa shape index (κ1) is 67.3. The van der Waals surface area contributed by atoms with Gasteiger partial charge in [-0.1, -0.05) is 68.5 Å². The Bertz CT molecular complexity index is 4690. The minimum Gasteiger partial charge on any atom is -0.352 e. The average molecular weight is 1350 g/mol. The first-order valence-corrected chi connectivity index (χ1v) is 36.7. The lowest BCUT2D eigenvalue weighted by molar-refractivity contribution is -0.437. The minimum absolute atomic E-state index is 0.00555. The highest BCUT2D eigenvalue weighted by molar-refractivity contribution is 8.08. The van der Waals surface area contributed by atoms with Gasteiger partial charge in [0.2, 0.25) is 21.1 Å². The molecule has 88 heavy (non-hydrogen) atoms. The van der Waals surface area contributed by atoms with E-state index in [1.54, 1.807) is 67.3 Å². The fourth-order valence-corrected chi connectivity index (χ4v) is 16.4. The molecule has 0 fully saturated rings. The molecule has 2 aliphatic rings. The number of rotatable bonds is 23. The van der Waals surface area contributed by atoms with Crippen LogP contribution in [0, 0.1) is 0 Å². The van der Waals surface area contributed by atoms with Crippen molar-refractivity contribution in [2.75, 3.05) is 42.7 Å². The molecule has 2 amide bonds. The lowest BCUT2D eigenvalue weighted by Crippen LogP contribution is -2.48. The third-order valence-corrected chi connectivity index (χ3v) is 23.0. The van der Waals surface area contributed by atoms with Crippen molar-refractivity contribution in [3.63, 3.8) is 0 Å². The molecule has 0 unspecified atom stereocenters. The number of benzene rings is 5. The van der Waals surface area contributed by atoms with Crippen molar-refractivity contribution in [2.24, 2.45) is 5.14 Å². The van der Waals surface area contributed by atoms with E-state index in [1.165, 1.54) is 30.3 Å². The summed E-state index contributed by atoms with van der Waals surface area (Å²) >= 11 is 0.558. The van der Waals surface area contributed by atoms with Crippen molar-refractivity contribution in [2.45, 2.75) is 102 Å². The fourth-order valence-electron chi connectivity index (χ4n) is 11.0.